The number of rotatable bonds is 4. The molecule has 0 fully saturated rings. The second-order valence-electron chi connectivity index (χ2n) is 9.38. The van der Waals surface area contributed by atoms with Gasteiger partial charge in [-0.05, 0) is 47.6 Å². The van der Waals surface area contributed by atoms with Gasteiger partial charge in [-0.2, -0.15) is 0 Å². The maximum Gasteiger partial charge on any atom is 0.417 e. The largest absolute Gasteiger partial charge is 0.417 e. The summed E-state index contributed by atoms with van der Waals surface area (Å²) in [5.74, 6) is 1.92. The predicted octanol–water partition coefficient (Wildman–Crippen LogP) is 6.16. The van der Waals surface area contributed by atoms with Crippen molar-refractivity contribution in [3.8, 4) is 22.6 Å². The van der Waals surface area contributed by atoms with E-state index in [1.165, 1.54) is 27.8 Å². The third-order valence-electron chi connectivity index (χ3n) is 6.63. The maximum atomic E-state index is 5.16. The molecule has 3 aromatic carbocycles. The molecule has 0 N–H and O–H groups in total. The van der Waals surface area contributed by atoms with E-state index < -0.39 is 0 Å². The molecule has 1 aliphatic rings. The molecule has 1 aromatic heterocycles. The molecule has 3 nitrogen and oxygen atoms in total. The van der Waals surface area contributed by atoms with Crippen molar-refractivity contribution in [2.24, 2.45) is 0 Å². The number of aromatic nitrogens is 2. The second kappa shape index (κ2) is 8.01. The first-order valence-electron chi connectivity index (χ1n) is 11.6. The Morgan fingerprint density at radius 2 is 1.38 bits per heavy atom. The quantitative estimate of drug-likeness (QED) is 0.370. The first-order valence-corrected chi connectivity index (χ1v) is 11.6. The lowest BCUT2D eigenvalue weighted by Gasteiger charge is -2.37. The second-order valence-corrected chi connectivity index (χ2v) is 9.38. The molecule has 0 radical (unpaired) electrons. The van der Waals surface area contributed by atoms with Gasteiger partial charge >= 0.3 is 6.98 Å². The van der Waals surface area contributed by atoms with Crippen LogP contribution in [0.3, 0.4) is 0 Å². The van der Waals surface area contributed by atoms with Crippen LogP contribution in [0.1, 0.15) is 50.7 Å². The monoisotopic (exact) mass is 419 g/mol. The van der Waals surface area contributed by atoms with Crippen LogP contribution in [-0.4, -0.2) is 23.5 Å². The summed E-state index contributed by atoms with van der Waals surface area (Å²) >= 11 is 0. The van der Waals surface area contributed by atoms with Gasteiger partial charge in [0.2, 0.25) is 0 Å². The zero-order valence-electron chi connectivity index (χ0n) is 19.6. The minimum atomic E-state index is 0.0564. The van der Waals surface area contributed by atoms with Gasteiger partial charge in [-0.15, -0.1) is 0 Å². The van der Waals surface area contributed by atoms with Crippen molar-refractivity contribution in [2.75, 3.05) is 11.9 Å². The Morgan fingerprint density at radius 1 is 0.750 bits per heavy atom. The first-order chi connectivity index (χ1) is 15.5. The van der Waals surface area contributed by atoms with Gasteiger partial charge < -0.3 is 9.29 Å². The van der Waals surface area contributed by atoms with Crippen molar-refractivity contribution < 1.29 is 0 Å². The highest BCUT2D eigenvalue weighted by molar-refractivity contribution is 6.77. The lowest BCUT2D eigenvalue weighted by molar-refractivity contribution is 0.842. The van der Waals surface area contributed by atoms with Gasteiger partial charge in [0, 0.05) is 23.0 Å². The van der Waals surface area contributed by atoms with Crippen molar-refractivity contribution in [1.29, 1.82) is 0 Å². The third-order valence-corrected chi connectivity index (χ3v) is 6.63. The van der Waals surface area contributed by atoms with Gasteiger partial charge in [0.05, 0.1) is 5.69 Å². The molecule has 4 aromatic rings. The Kier molecular flexibility index (Phi) is 5.17. The molecule has 0 aliphatic carbocycles. The van der Waals surface area contributed by atoms with Gasteiger partial charge in [-0.25, -0.2) is 4.98 Å². The number of benzene rings is 3. The Morgan fingerprint density at radius 3 is 2.03 bits per heavy atom. The third kappa shape index (κ3) is 3.26. The number of anilines is 1. The van der Waals surface area contributed by atoms with E-state index in [0.717, 1.165) is 17.1 Å². The lowest BCUT2D eigenvalue weighted by atomic mass is 9.58. The normalized spacial score (nSPS) is 13.0. The number of imidazole rings is 1. The summed E-state index contributed by atoms with van der Waals surface area (Å²) in [5.41, 5.74) is 8.80. The zero-order valence-corrected chi connectivity index (χ0v) is 19.6. The summed E-state index contributed by atoms with van der Waals surface area (Å²) in [6, 6.07) is 25.9. The molecular formula is C28H30BN3. The molecule has 0 saturated carbocycles. The minimum absolute atomic E-state index is 0.0564. The van der Waals surface area contributed by atoms with Crippen LogP contribution in [0.4, 0.5) is 5.69 Å². The highest BCUT2D eigenvalue weighted by Crippen LogP contribution is 2.37. The number of hydrogen-bond acceptors (Lipinski definition) is 2. The van der Waals surface area contributed by atoms with Crippen LogP contribution in [-0.2, 0) is 0 Å². The Hall–Kier alpha value is -3.27. The summed E-state index contributed by atoms with van der Waals surface area (Å²) < 4.78 is 2.39. The molecule has 0 unspecified atom stereocenters. The van der Waals surface area contributed by atoms with E-state index >= 15 is 0 Å². The van der Waals surface area contributed by atoms with Gasteiger partial charge in [-0.3, -0.25) is 0 Å². The molecule has 0 amide bonds. The van der Waals surface area contributed by atoms with Crippen molar-refractivity contribution in [1.82, 2.24) is 9.46 Å². The van der Waals surface area contributed by atoms with E-state index in [1.807, 2.05) is 0 Å². The van der Waals surface area contributed by atoms with Crippen molar-refractivity contribution >= 4 is 18.1 Å². The molecule has 5 rings (SSSR count). The van der Waals surface area contributed by atoms with E-state index in [2.05, 4.69) is 123 Å². The molecule has 0 saturated heterocycles. The number of para-hydroxylation sites is 1. The number of nitrogens with zero attached hydrogens (tertiary/aromatic N) is 3. The van der Waals surface area contributed by atoms with Crippen LogP contribution in [0.25, 0.3) is 22.6 Å². The van der Waals surface area contributed by atoms with Crippen LogP contribution < -0.4 is 10.3 Å². The fourth-order valence-electron chi connectivity index (χ4n) is 5.06. The molecule has 0 spiro atoms. The summed E-state index contributed by atoms with van der Waals surface area (Å²) in [4.78, 5) is 7.58. The predicted molar refractivity (Wildman–Crippen MR) is 137 cm³/mol. The lowest BCUT2D eigenvalue weighted by Crippen LogP contribution is -2.56. The number of hydrogen-bond donors (Lipinski definition) is 0. The van der Waals surface area contributed by atoms with E-state index in [-0.39, 0.29) is 6.98 Å². The van der Waals surface area contributed by atoms with Crippen LogP contribution >= 0.6 is 0 Å². The standard InChI is InChI=1S/C28H30BN3/c1-19(2)22-15-11-16-23(20(3)4)27(22)29-31(5)26-17-10-9-14-24(26)28-30-25(18-32(28)29)21-12-7-6-8-13-21/h6-20H,1-5H3. The Bertz CT molecular complexity index is 1230. The highest BCUT2D eigenvalue weighted by Gasteiger charge is 2.39. The first kappa shape index (κ1) is 20.6. The molecule has 160 valence electrons. The van der Waals surface area contributed by atoms with Gasteiger partial charge in [-0.1, -0.05) is 88.4 Å². The van der Waals surface area contributed by atoms with Gasteiger partial charge in [0.25, 0.3) is 0 Å². The average molecular weight is 419 g/mol. The Labute approximate surface area is 191 Å². The van der Waals surface area contributed by atoms with Crippen molar-refractivity contribution in [3.63, 3.8) is 0 Å². The van der Waals surface area contributed by atoms with E-state index in [9.17, 15) is 0 Å². The summed E-state index contributed by atoms with van der Waals surface area (Å²) in [5, 5.41) is 0. The minimum Gasteiger partial charge on any atom is -0.394 e. The van der Waals surface area contributed by atoms with Gasteiger partial charge in [0.15, 0.2) is 0 Å². The van der Waals surface area contributed by atoms with E-state index in [1.54, 1.807) is 0 Å². The SMILES string of the molecule is CC(C)c1cccc(C(C)C)c1B1N(C)c2ccccc2-c2nc(-c3ccccc3)cn21. The van der Waals surface area contributed by atoms with Crippen LogP contribution in [0, 0.1) is 0 Å². The molecule has 32 heavy (non-hydrogen) atoms. The van der Waals surface area contributed by atoms with Crippen LogP contribution in [0.15, 0.2) is 79.0 Å². The van der Waals surface area contributed by atoms with Crippen molar-refractivity contribution in [3.05, 3.63) is 90.1 Å². The molecule has 1 aliphatic heterocycles. The number of fused-ring (bicyclic) bond motifs is 3. The fourth-order valence-corrected chi connectivity index (χ4v) is 5.06. The molecule has 4 heteroatoms. The van der Waals surface area contributed by atoms with Crippen LogP contribution in [0.2, 0.25) is 0 Å². The average Bonchev–Trinajstić information content (AvgIpc) is 3.25. The smallest absolute Gasteiger partial charge is 0.394 e. The highest BCUT2D eigenvalue weighted by atomic mass is 15.2. The van der Waals surface area contributed by atoms with Crippen LogP contribution in [0.5, 0.6) is 0 Å². The molecule has 0 atom stereocenters. The molecular weight excluding hydrogens is 389 g/mol. The summed E-state index contributed by atoms with van der Waals surface area (Å²) in [6.07, 6.45) is 2.24. The summed E-state index contributed by atoms with van der Waals surface area (Å²) in [6.45, 7) is 9.24. The fraction of sp³-hybridized carbons (Fsp3) is 0.250. The maximum absolute atomic E-state index is 5.16. The van der Waals surface area contributed by atoms with E-state index in [0.29, 0.717) is 11.8 Å². The molecule has 0 bridgehead atoms. The molecule has 2 heterocycles. The van der Waals surface area contributed by atoms with Gasteiger partial charge in [0.1, 0.15) is 5.82 Å². The summed E-state index contributed by atoms with van der Waals surface area (Å²) in [7, 11) is 2.22. The van der Waals surface area contributed by atoms with E-state index in [4.69, 9.17) is 4.98 Å². The zero-order chi connectivity index (χ0) is 22.4. The Balaban J connectivity index is 1.81. The topological polar surface area (TPSA) is 21.1 Å². The van der Waals surface area contributed by atoms with Crippen molar-refractivity contribution in [2.45, 2.75) is 39.5 Å².